The zero-order chi connectivity index (χ0) is 21.8. The van der Waals surface area contributed by atoms with Gasteiger partial charge in [-0.05, 0) is 23.8 Å². The fourth-order valence-corrected chi connectivity index (χ4v) is 2.95. The van der Waals surface area contributed by atoms with Crippen molar-refractivity contribution in [1.82, 2.24) is 15.3 Å². The minimum atomic E-state index is -1.05. The molecule has 0 aliphatic rings. The second-order valence-electron chi connectivity index (χ2n) is 6.53. The molecule has 1 unspecified atom stereocenters. The summed E-state index contributed by atoms with van der Waals surface area (Å²) in [5, 5.41) is 14.9. The van der Waals surface area contributed by atoms with Crippen LogP contribution in [0.15, 0.2) is 71.3 Å². The van der Waals surface area contributed by atoms with Crippen LogP contribution in [-0.4, -0.2) is 34.0 Å². The molecule has 1 atom stereocenters. The molecule has 4 rings (SSSR count). The number of nitrogens with zero attached hydrogens (tertiary/aromatic N) is 2. The van der Waals surface area contributed by atoms with Gasteiger partial charge in [-0.1, -0.05) is 30.3 Å². The van der Waals surface area contributed by atoms with Crippen LogP contribution in [0.25, 0.3) is 11.1 Å². The van der Waals surface area contributed by atoms with Crippen LogP contribution >= 0.6 is 0 Å². The van der Waals surface area contributed by atoms with E-state index in [1.165, 1.54) is 19.3 Å². The smallest absolute Gasteiger partial charge is 0.330 e. The summed E-state index contributed by atoms with van der Waals surface area (Å²) in [5.41, 5.74) is 1.75. The number of carbonyl (C=O) groups is 2. The first-order chi connectivity index (χ1) is 15.0. The highest BCUT2D eigenvalue weighted by molar-refractivity contribution is 5.92. The van der Waals surface area contributed by atoms with Gasteiger partial charge in [-0.15, -0.1) is 0 Å². The predicted molar refractivity (Wildman–Crippen MR) is 112 cm³/mol. The molecule has 2 heterocycles. The van der Waals surface area contributed by atoms with Crippen molar-refractivity contribution in [3.63, 3.8) is 0 Å². The summed E-state index contributed by atoms with van der Waals surface area (Å²) in [4.78, 5) is 31.7. The molecule has 0 spiro atoms. The molecule has 0 saturated carbocycles. The van der Waals surface area contributed by atoms with E-state index in [-0.39, 0.29) is 17.6 Å². The number of fused-ring (bicyclic) bond motifs is 1. The molecule has 0 aliphatic heterocycles. The van der Waals surface area contributed by atoms with E-state index in [0.29, 0.717) is 28.2 Å². The van der Waals surface area contributed by atoms with Gasteiger partial charge in [0.1, 0.15) is 22.7 Å². The van der Waals surface area contributed by atoms with Crippen molar-refractivity contribution in [2.24, 2.45) is 0 Å². The zero-order valence-corrected chi connectivity index (χ0v) is 16.4. The highest BCUT2D eigenvalue weighted by Crippen LogP contribution is 2.29. The van der Waals surface area contributed by atoms with Crippen molar-refractivity contribution in [2.75, 3.05) is 12.4 Å². The van der Waals surface area contributed by atoms with Gasteiger partial charge in [0.25, 0.3) is 11.9 Å². The molecule has 9 heteroatoms. The van der Waals surface area contributed by atoms with E-state index in [9.17, 15) is 14.7 Å². The van der Waals surface area contributed by atoms with Gasteiger partial charge >= 0.3 is 5.97 Å². The molecule has 2 aromatic carbocycles. The molecule has 0 radical (unpaired) electrons. The number of carboxylic acid groups (broad SMARTS) is 1. The van der Waals surface area contributed by atoms with Gasteiger partial charge in [0.15, 0.2) is 11.6 Å². The first-order valence-electron chi connectivity index (χ1n) is 9.34. The molecule has 1 amide bonds. The number of benzene rings is 2. The molecule has 2 aromatic heterocycles. The topological polar surface area (TPSA) is 127 Å². The van der Waals surface area contributed by atoms with Crippen LogP contribution in [0.3, 0.4) is 0 Å². The predicted octanol–water partition coefficient (Wildman–Crippen LogP) is 3.61. The summed E-state index contributed by atoms with van der Waals surface area (Å²) >= 11 is 0. The van der Waals surface area contributed by atoms with Crippen molar-refractivity contribution >= 4 is 29.0 Å². The number of oxazole rings is 1. The highest BCUT2D eigenvalue weighted by atomic mass is 16.5. The maximum absolute atomic E-state index is 11.7. The number of rotatable bonds is 7. The Morgan fingerprint density at radius 1 is 1.06 bits per heavy atom. The van der Waals surface area contributed by atoms with Gasteiger partial charge in [0.2, 0.25) is 0 Å². The van der Waals surface area contributed by atoms with Crippen LogP contribution in [0, 0.1) is 0 Å². The number of hydrogen-bond acceptors (Lipinski definition) is 7. The van der Waals surface area contributed by atoms with E-state index in [2.05, 4.69) is 20.6 Å². The Bertz CT molecular complexity index is 1240. The first-order valence-corrected chi connectivity index (χ1v) is 9.34. The number of ether oxygens (including phenoxy) is 1. The highest BCUT2D eigenvalue weighted by Gasteiger charge is 2.22. The summed E-state index contributed by atoms with van der Waals surface area (Å²) in [5.74, 6) is -0.483. The summed E-state index contributed by atoms with van der Waals surface area (Å²) < 4.78 is 11.5. The van der Waals surface area contributed by atoms with E-state index in [4.69, 9.17) is 9.15 Å². The third kappa shape index (κ3) is 4.45. The Morgan fingerprint density at radius 2 is 1.84 bits per heavy atom. The van der Waals surface area contributed by atoms with E-state index >= 15 is 0 Å². The number of carbonyl (C=O) groups excluding carboxylic acids is 1. The average Bonchev–Trinajstić information content (AvgIpc) is 3.19. The number of anilines is 1. The van der Waals surface area contributed by atoms with Gasteiger partial charge in [-0.3, -0.25) is 9.78 Å². The third-order valence-electron chi connectivity index (χ3n) is 4.43. The van der Waals surface area contributed by atoms with E-state index < -0.39 is 12.0 Å². The van der Waals surface area contributed by atoms with E-state index in [1.54, 1.807) is 48.5 Å². The molecule has 0 aliphatic carbocycles. The number of aliphatic carboxylic acids is 1. The average molecular weight is 418 g/mol. The molecule has 0 fully saturated rings. The lowest BCUT2D eigenvalue weighted by molar-refractivity contribution is -0.138. The van der Waals surface area contributed by atoms with Gasteiger partial charge < -0.3 is 24.9 Å². The molecule has 31 heavy (non-hydrogen) atoms. The van der Waals surface area contributed by atoms with E-state index in [1.807, 2.05) is 6.07 Å². The second-order valence-corrected chi connectivity index (χ2v) is 6.53. The maximum Gasteiger partial charge on any atom is 0.330 e. The van der Waals surface area contributed by atoms with Crippen LogP contribution in [0.2, 0.25) is 0 Å². The molecule has 9 nitrogen and oxygen atoms in total. The monoisotopic (exact) mass is 418 g/mol. The number of nitrogens with one attached hydrogen (secondary N) is 2. The third-order valence-corrected chi connectivity index (χ3v) is 4.43. The minimum absolute atomic E-state index is 0.0780. The molecular weight excluding hydrogens is 400 g/mol. The second kappa shape index (κ2) is 8.54. The van der Waals surface area contributed by atoms with Crippen molar-refractivity contribution in [1.29, 1.82) is 0 Å². The Balaban J connectivity index is 1.56. The maximum atomic E-state index is 11.7. The van der Waals surface area contributed by atoms with Gasteiger partial charge in [-0.2, -0.15) is 4.98 Å². The Morgan fingerprint density at radius 3 is 2.58 bits per heavy atom. The molecular formula is C22H18N4O5. The summed E-state index contributed by atoms with van der Waals surface area (Å²) in [6.45, 7) is 0. The normalized spacial score (nSPS) is 11.6. The van der Waals surface area contributed by atoms with Crippen LogP contribution in [-0.2, 0) is 4.79 Å². The number of carboxylic acids is 1. The Kier molecular flexibility index (Phi) is 5.48. The fourth-order valence-electron chi connectivity index (χ4n) is 2.95. The van der Waals surface area contributed by atoms with Gasteiger partial charge in [-0.25, -0.2) is 4.79 Å². The summed E-state index contributed by atoms with van der Waals surface area (Å²) in [7, 11) is 1.52. The summed E-state index contributed by atoms with van der Waals surface area (Å²) in [6.07, 6.45) is 1.48. The molecule has 156 valence electrons. The number of aromatic nitrogens is 2. The lowest BCUT2D eigenvalue weighted by atomic mass is 10.1. The van der Waals surface area contributed by atoms with Crippen molar-refractivity contribution < 1.29 is 23.8 Å². The largest absolute Gasteiger partial charge is 0.479 e. The van der Waals surface area contributed by atoms with Crippen LogP contribution in [0.4, 0.5) is 6.01 Å². The lowest BCUT2D eigenvalue weighted by Crippen LogP contribution is -2.20. The number of hydrogen-bond donors (Lipinski definition) is 3. The van der Waals surface area contributed by atoms with Gasteiger partial charge in [0, 0.05) is 25.4 Å². The van der Waals surface area contributed by atoms with Crippen LogP contribution in [0.1, 0.15) is 22.1 Å². The standard InChI is InChI=1S/C22H18N4O5/c1-23-20(27)17-11-15(9-10-24-17)30-14-7-8-16-18(12-14)31-22(25-16)26-19(21(28)29)13-5-3-2-4-6-13/h2-12,19H,1H3,(H,23,27)(H,25,26)(H,28,29). The Labute approximate surface area is 176 Å². The minimum Gasteiger partial charge on any atom is -0.479 e. The fraction of sp³-hybridized carbons (Fsp3) is 0.0909. The first kappa shape index (κ1) is 19.9. The number of amides is 1. The molecule has 0 saturated heterocycles. The Hall–Kier alpha value is -4.40. The summed E-state index contributed by atoms with van der Waals surface area (Å²) in [6, 6.07) is 16.0. The quantitative estimate of drug-likeness (QED) is 0.415. The SMILES string of the molecule is CNC(=O)c1cc(Oc2ccc3nc(NC(C(=O)O)c4ccccc4)oc3c2)ccn1. The van der Waals surface area contributed by atoms with Crippen LogP contribution in [0.5, 0.6) is 11.5 Å². The lowest BCUT2D eigenvalue weighted by Gasteiger charge is -2.12. The van der Waals surface area contributed by atoms with Crippen molar-refractivity contribution in [3.05, 3.63) is 78.1 Å². The van der Waals surface area contributed by atoms with Crippen molar-refractivity contribution in [3.8, 4) is 11.5 Å². The van der Waals surface area contributed by atoms with Crippen molar-refractivity contribution in [2.45, 2.75) is 6.04 Å². The molecule has 3 N–H and O–H groups in total. The zero-order valence-electron chi connectivity index (χ0n) is 16.4. The molecule has 0 bridgehead atoms. The van der Waals surface area contributed by atoms with E-state index in [0.717, 1.165) is 0 Å². The molecule has 4 aromatic rings. The van der Waals surface area contributed by atoms with Crippen LogP contribution < -0.4 is 15.4 Å². The van der Waals surface area contributed by atoms with Gasteiger partial charge in [0.05, 0.1) is 0 Å². The number of pyridine rings is 1.